The maximum atomic E-state index is 11.3. The highest BCUT2D eigenvalue weighted by atomic mass is 16.1. The summed E-state index contributed by atoms with van der Waals surface area (Å²) in [6.07, 6.45) is 3.49. The van der Waals surface area contributed by atoms with Crippen LogP contribution in [0.25, 0.3) is 0 Å². The predicted octanol–water partition coefficient (Wildman–Crippen LogP) is 2.05. The minimum atomic E-state index is -0.0540. The molecule has 3 nitrogen and oxygen atoms in total. The molecule has 0 aromatic heterocycles. The number of rotatable bonds is 3. The topological polar surface area (TPSA) is 41.1 Å². The van der Waals surface area contributed by atoms with E-state index >= 15 is 0 Å². The highest BCUT2D eigenvalue weighted by Crippen LogP contribution is 2.13. The second-order valence-corrected chi connectivity index (χ2v) is 5.84. The Morgan fingerprint density at radius 1 is 1.13 bits per heavy atom. The van der Waals surface area contributed by atoms with Gasteiger partial charge in [0.2, 0.25) is 5.91 Å². The molecule has 0 aliphatic heterocycles. The summed E-state index contributed by atoms with van der Waals surface area (Å²) in [5, 5.41) is 5.96. The Morgan fingerprint density at radius 2 is 1.67 bits per heavy atom. The van der Waals surface area contributed by atoms with Gasteiger partial charge in [0.25, 0.3) is 0 Å². The number of amides is 1. The molecule has 2 N–H and O–H groups in total. The molecule has 0 saturated carbocycles. The van der Waals surface area contributed by atoms with Gasteiger partial charge in [-0.25, -0.2) is 0 Å². The molecule has 0 unspecified atom stereocenters. The van der Waals surface area contributed by atoms with Crippen molar-refractivity contribution in [3.8, 4) is 0 Å². The Balaban J connectivity index is 3.82. The molecule has 0 aliphatic carbocycles. The Labute approximate surface area is 93.3 Å². The van der Waals surface area contributed by atoms with Crippen molar-refractivity contribution < 1.29 is 4.79 Å². The predicted molar refractivity (Wildman–Crippen MR) is 64.5 cm³/mol. The third-order valence-electron chi connectivity index (χ3n) is 1.62. The molecule has 0 atom stereocenters. The fourth-order valence-electron chi connectivity index (χ4n) is 0.781. The average molecular weight is 212 g/mol. The van der Waals surface area contributed by atoms with E-state index in [-0.39, 0.29) is 16.9 Å². The molecular weight excluding hydrogens is 188 g/mol. The summed E-state index contributed by atoms with van der Waals surface area (Å²) in [6.45, 7) is 12.9. The van der Waals surface area contributed by atoms with Crippen molar-refractivity contribution in [3.05, 3.63) is 12.2 Å². The number of carbonyl (C=O) groups is 1. The van der Waals surface area contributed by atoms with E-state index < -0.39 is 0 Å². The quantitative estimate of drug-likeness (QED) is 0.555. The van der Waals surface area contributed by atoms with Crippen LogP contribution in [0, 0.1) is 5.41 Å². The van der Waals surface area contributed by atoms with E-state index in [2.05, 4.69) is 52.2 Å². The van der Waals surface area contributed by atoms with Crippen LogP contribution >= 0.6 is 0 Å². The summed E-state index contributed by atoms with van der Waals surface area (Å²) in [5.41, 5.74) is 0.0792. The monoisotopic (exact) mass is 212 g/mol. The lowest BCUT2D eigenvalue weighted by molar-refractivity contribution is -0.116. The van der Waals surface area contributed by atoms with Crippen LogP contribution in [-0.4, -0.2) is 18.1 Å². The van der Waals surface area contributed by atoms with Gasteiger partial charge in [0, 0.05) is 5.54 Å². The van der Waals surface area contributed by atoms with Gasteiger partial charge in [-0.1, -0.05) is 26.8 Å². The lowest BCUT2D eigenvalue weighted by Crippen LogP contribution is -2.43. The van der Waals surface area contributed by atoms with Crippen LogP contribution < -0.4 is 10.6 Å². The zero-order chi connectivity index (χ0) is 12.1. The maximum absolute atomic E-state index is 11.3. The standard InChI is InChI=1S/C12H24N2O/c1-11(2,3)8-7-10(15)13-9-14-12(4,5)6/h7-8,14H,9H2,1-6H3,(H,13,15)/b8-7+. The second kappa shape index (κ2) is 5.31. The summed E-state index contributed by atoms with van der Waals surface area (Å²) in [6, 6.07) is 0. The van der Waals surface area contributed by atoms with Crippen molar-refractivity contribution in [2.24, 2.45) is 5.41 Å². The Kier molecular flexibility index (Phi) is 5.01. The highest BCUT2D eigenvalue weighted by molar-refractivity contribution is 5.87. The molecule has 0 spiro atoms. The molecule has 0 aromatic carbocycles. The Hall–Kier alpha value is -0.830. The van der Waals surface area contributed by atoms with E-state index in [9.17, 15) is 4.79 Å². The molecule has 0 bridgehead atoms. The first-order valence-electron chi connectivity index (χ1n) is 5.32. The molecule has 0 fully saturated rings. The van der Waals surface area contributed by atoms with E-state index in [1.54, 1.807) is 6.08 Å². The van der Waals surface area contributed by atoms with Gasteiger partial charge in [-0.3, -0.25) is 10.1 Å². The van der Waals surface area contributed by atoms with Crippen LogP contribution in [0.4, 0.5) is 0 Å². The van der Waals surface area contributed by atoms with Crippen molar-refractivity contribution in [1.82, 2.24) is 10.6 Å². The van der Waals surface area contributed by atoms with Gasteiger partial charge in [0.15, 0.2) is 0 Å². The van der Waals surface area contributed by atoms with Crippen LogP contribution in [0.3, 0.4) is 0 Å². The van der Waals surface area contributed by atoms with Gasteiger partial charge in [0.05, 0.1) is 6.67 Å². The third kappa shape index (κ3) is 11.1. The minimum absolute atomic E-state index is 0.0288. The third-order valence-corrected chi connectivity index (χ3v) is 1.62. The first-order valence-corrected chi connectivity index (χ1v) is 5.32. The zero-order valence-electron chi connectivity index (χ0n) is 10.8. The lowest BCUT2D eigenvalue weighted by atomic mass is 9.96. The molecule has 88 valence electrons. The van der Waals surface area contributed by atoms with Crippen LogP contribution in [0.15, 0.2) is 12.2 Å². The molecule has 0 radical (unpaired) electrons. The number of allylic oxidation sites excluding steroid dienone is 1. The first-order chi connectivity index (χ1) is 6.60. The second-order valence-electron chi connectivity index (χ2n) is 5.84. The minimum Gasteiger partial charge on any atom is -0.340 e. The summed E-state index contributed by atoms with van der Waals surface area (Å²) in [7, 11) is 0. The molecule has 0 aromatic rings. The molecule has 0 heterocycles. The van der Waals surface area contributed by atoms with Gasteiger partial charge < -0.3 is 5.32 Å². The van der Waals surface area contributed by atoms with E-state index in [0.29, 0.717) is 6.67 Å². The molecule has 1 amide bonds. The number of hydrogen-bond acceptors (Lipinski definition) is 2. The average Bonchev–Trinajstić information content (AvgIpc) is 1.97. The van der Waals surface area contributed by atoms with Crippen molar-refractivity contribution in [2.75, 3.05) is 6.67 Å². The van der Waals surface area contributed by atoms with Gasteiger partial charge >= 0.3 is 0 Å². The number of hydrogen-bond donors (Lipinski definition) is 2. The number of nitrogens with one attached hydrogen (secondary N) is 2. The molecule has 0 aliphatic rings. The van der Waals surface area contributed by atoms with E-state index in [1.807, 2.05) is 6.08 Å². The van der Waals surface area contributed by atoms with Crippen molar-refractivity contribution >= 4 is 5.91 Å². The van der Waals surface area contributed by atoms with E-state index in [1.165, 1.54) is 0 Å². The van der Waals surface area contributed by atoms with Gasteiger partial charge in [-0.2, -0.15) is 0 Å². The Bertz CT molecular complexity index is 231. The summed E-state index contributed by atoms with van der Waals surface area (Å²) >= 11 is 0. The molecular formula is C12H24N2O. The van der Waals surface area contributed by atoms with Crippen molar-refractivity contribution in [2.45, 2.75) is 47.1 Å². The maximum Gasteiger partial charge on any atom is 0.244 e. The van der Waals surface area contributed by atoms with Gasteiger partial charge in [-0.05, 0) is 32.3 Å². The smallest absolute Gasteiger partial charge is 0.244 e. The first kappa shape index (κ1) is 14.2. The van der Waals surface area contributed by atoms with Gasteiger partial charge in [-0.15, -0.1) is 0 Å². The molecule has 3 heteroatoms. The van der Waals surface area contributed by atoms with Crippen LogP contribution in [0.1, 0.15) is 41.5 Å². The lowest BCUT2D eigenvalue weighted by Gasteiger charge is -2.20. The largest absolute Gasteiger partial charge is 0.340 e. The van der Waals surface area contributed by atoms with Crippen molar-refractivity contribution in [3.63, 3.8) is 0 Å². The zero-order valence-corrected chi connectivity index (χ0v) is 10.8. The Morgan fingerprint density at radius 3 is 2.07 bits per heavy atom. The summed E-state index contributed by atoms with van der Waals surface area (Å²) < 4.78 is 0. The molecule has 0 saturated heterocycles. The fraction of sp³-hybridized carbons (Fsp3) is 0.750. The van der Waals surface area contributed by atoms with E-state index in [0.717, 1.165) is 0 Å². The van der Waals surface area contributed by atoms with Crippen LogP contribution in [0.2, 0.25) is 0 Å². The SMILES string of the molecule is CC(C)(C)/C=C/C(=O)NCNC(C)(C)C. The van der Waals surface area contributed by atoms with E-state index in [4.69, 9.17) is 0 Å². The van der Waals surface area contributed by atoms with Crippen LogP contribution in [-0.2, 0) is 4.79 Å². The summed E-state index contributed by atoms with van der Waals surface area (Å²) in [5.74, 6) is -0.0540. The van der Waals surface area contributed by atoms with Crippen molar-refractivity contribution in [1.29, 1.82) is 0 Å². The normalized spacial score (nSPS) is 13.2. The highest BCUT2D eigenvalue weighted by Gasteiger charge is 2.08. The molecule has 15 heavy (non-hydrogen) atoms. The molecule has 0 rings (SSSR count). The van der Waals surface area contributed by atoms with Crippen LogP contribution in [0.5, 0.6) is 0 Å². The number of carbonyl (C=O) groups excluding carboxylic acids is 1. The fourth-order valence-corrected chi connectivity index (χ4v) is 0.781. The summed E-state index contributed by atoms with van der Waals surface area (Å²) in [4.78, 5) is 11.3. The van der Waals surface area contributed by atoms with Gasteiger partial charge in [0.1, 0.15) is 0 Å².